The van der Waals surface area contributed by atoms with E-state index in [4.69, 9.17) is 4.98 Å². The lowest BCUT2D eigenvalue weighted by Gasteiger charge is -2.34. The maximum absolute atomic E-state index is 12.9. The second-order valence-electron chi connectivity index (χ2n) is 7.20. The molecule has 0 spiro atoms. The van der Waals surface area contributed by atoms with Crippen molar-refractivity contribution in [3.63, 3.8) is 0 Å². The van der Waals surface area contributed by atoms with E-state index in [0.717, 1.165) is 60.0 Å². The van der Waals surface area contributed by atoms with Crippen molar-refractivity contribution in [1.29, 1.82) is 0 Å². The topological polar surface area (TPSA) is 65.1 Å². The summed E-state index contributed by atoms with van der Waals surface area (Å²) in [6.07, 6.45) is 1.65. The molecule has 1 amide bonds. The number of benzene rings is 2. The predicted molar refractivity (Wildman–Crippen MR) is 115 cm³/mol. The van der Waals surface area contributed by atoms with Gasteiger partial charge in [0.1, 0.15) is 5.01 Å². The van der Waals surface area contributed by atoms with Crippen LogP contribution in [0.1, 0.15) is 15.4 Å². The van der Waals surface area contributed by atoms with Crippen LogP contribution in [0.2, 0.25) is 0 Å². The van der Waals surface area contributed by atoms with Crippen molar-refractivity contribution in [2.24, 2.45) is 0 Å². The van der Waals surface area contributed by atoms with Gasteiger partial charge < -0.3 is 9.88 Å². The van der Waals surface area contributed by atoms with E-state index in [9.17, 15) is 4.79 Å². The van der Waals surface area contributed by atoms with Crippen LogP contribution >= 0.6 is 11.3 Å². The second kappa shape index (κ2) is 7.77. The number of imidazole rings is 1. The minimum absolute atomic E-state index is 0.0850. The molecule has 0 atom stereocenters. The molecule has 3 heterocycles. The van der Waals surface area contributed by atoms with E-state index in [-0.39, 0.29) is 5.91 Å². The van der Waals surface area contributed by atoms with Crippen LogP contribution in [0.3, 0.4) is 0 Å². The first-order valence-corrected chi connectivity index (χ1v) is 10.6. The highest BCUT2D eigenvalue weighted by molar-refractivity contribution is 7.09. The highest BCUT2D eigenvalue weighted by atomic mass is 32.1. The Labute approximate surface area is 172 Å². The van der Waals surface area contributed by atoms with Gasteiger partial charge in [0.25, 0.3) is 5.91 Å². The molecule has 0 radical (unpaired) electrons. The number of carbonyl (C=O) groups is 1. The fourth-order valence-corrected chi connectivity index (χ4v) is 4.52. The van der Waals surface area contributed by atoms with Crippen LogP contribution in [0.4, 0.5) is 0 Å². The molecule has 2 aromatic carbocycles. The van der Waals surface area contributed by atoms with Crippen LogP contribution in [0.25, 0.3) is 22.3 Å². The number of aromatic amines is 1. The van der Waals surface area contributed by atoms with E-state index < -0.39 is 0 Å². The molecule has 146 valence electrons. The van der Waals surface area contributed by atoms with E-state index in [1.165, 1.54) is 0 Å². The molecule has 5 rings (SSSR count). The molecular formula is C22H21N5OS. The monoisotopic (exact) mass is 403 g/mol. The summed E-state index contributed by atoms with van der Waals surface area (Å²) in [6, 6.07) is 15.9. The zero-order valence-corrected chi connectivity index (χ0v) is 16.7. The first kappa shape index (κ1) is 18.0. The van der Waals surface area contributed by atoms with E-state index in [1.807, 2.05) is 41.3 Å². The van der Waals surface area contributed by atoms with Crippen LogP contribution in [-0.4, -0.2) is 56.8 Å². The normalized spacial score (nSPS) is 15.1. The van der Waals surface area contributed by atoms with Crippen LogP contribution in [0.5, 0.6) is 0 Å². The number of amides is 1. The van der Waals surface area contributed by atoms with Crippen molar-refractivity contribution in [2.75, 3.05) is 26.2 Å². The van der Waals surface area contributed by atoms with Gasteiger partial charge in [-0.2, -0.15) is 0 Å². The Bertz CT molecular complexity index is 1130. The van der Waals surface area contributed by atoms with E-state index >= 15 is 0 Å². The molecule has 0 bridgehead atoms. The van der Waals surface area contributed by atoms with Gasteiger partial charge in [-0.1, -0.05) is 30.3 Å². The first-order valence-electron chi connectivity index (χ1n) is 9.71. The fourth-order valence-electron chi connectivity index (χ4n) is 3.68. The zero-order valence-electron chi connectivity index (χ0n) is 15.9. The summed E-state index contributed by atoms with van der Waals surface area (Å²) in [5, 5.41) is 3.24. The molecule has 1 N–H and O–H groups in total. The van der Waals surface area contributed by atoms with Gasteiger partial charge in [0.05, 0.1) is 29.6 Å². The van der Waals surface area contributed by atoms with Gasteiger partial charge in [-0.05, 0) is 18.2 Å². The Hall–Kier alpha value is -3.03. The van der Waals surface area contributed by atoms with Crippen molar-refractivity contribution in [3.05, 3.63) is 70.8 Å². The average molecular weight is 404 g/mol. The molecular weight excluding hydrogens is 382 g/mol. The second-order valence-corrected chi connectivity index (χ2v) is 8.14. The summed E-state index contributed by atoms with van der Waals surface area (Å²) in [4.78, 5) is 29.2. The highest BCUT2D eigenvalue weighted by Gasteiger charge is 2.23. The lowest BCUT2D eigenvalue weighted by molar-refractivity contribution is 0.0628. The third kappa shape index (κ3) is 3.79. The Kier molecular flexibility index (Phi) is 4.83. The maximum Gasteiger partial charge on any atom is 0.254 e. The molecule has 0 saturated carbocycles. The molecule has 0 unspecified atom stereocenters. The molecule has 4 aromatic rings. The lowest BCUT2D eigenvalue weighted by atomic mass is 10.1. The number of carbonyl (C=O) groups excluding carboxylic acids is 1. The summed E-state index contributed by atoms with van der Waals surface area (Å²) < 4.78 is 0. The molecule has 6 nitrogen and oxygen atoms in total. The average Bonchev–Trinajstić information content (AvgIpc) is 3.43. The third-order valence-corrected chi connectivity index (χ3v) is 6.14. The van der Waals surface area contributed by atoms with Gasteiger partial charge in [0.15, 0.2) is 0 Å². The van der Waals surface area contributed by atoms with Gasteiger partial charge in [-0.3, -0.25) is 9.69 Å². The summed E-state index contributed by atoms with van der Waals surface area (Å²) in [6.45, 7) is 4.02. The van der Waals surface area contributed by atoms with Crippen LogP contribution < -0.4 is 0 Å². The number of thiazole rings is 1. The molecule has 1 saturated heterocycles. The van der Waals surface area contributed by atoms with Crippen molar-refractivity contribution >= 4 is 28.3 Å². The number of hydrogen-bond acceptors (Lipinski definition) is 5. The largest absolute Gasteiger partial charge is 0.345 e. The Morgan fingerprint density at radius 3 is 2.72 bits per heavy atom. The minimum atomic E-state index is 0.0850. The molecule has 29 heavy (non-hydrogen) atoms. The van der Waals surface area contributed by atoms with Crippen LogP contribution in [0.15, 0.2) is 60.2 Å². The maximum atomic E-state index is 12.9. The molecule has 1 aliphatic rings. The fraction of sp³-hybridized carbons (Fsp3) is 0.227. The number of fused-ring (bicyclic) bond motifs is 1. The molecule has 1 aliphatic heterocycles. The first-order chi connectivity index (χ1) is 14.3. The van der Waals surface area contributed by atoms with Crippen molar-refractivity contribution in [3.8, 4) is 11.3 Å². The Morgan fingerprint density at radius 1 is 1.07 bits per heavy atom. The van der Waals surface area contributed by atoms with Crippen molar-refractivity contribution in [2.45, 2.75) is 6.54 Å². The highest BCUT2D eigenvalue weighted by Crippen LogP contribution is 2.23. The standard InChI is InChI=1S/C22H21N5OS/c28-22(17-6-7-18-19(12-17)24-15-23-18)27-10-8-26(9-11-27)13-21-25-20(14-29-21)16-4-2-1-3-5-16/h1-7,12,14-15H,8-11,13H2,(H,23,24). The number of nitrogens with one attached hydrogen (secondary N) is 1. The number of aromatic nitrogens is 3. The minimum Gasteiger partial charge on any atom is -0.345 e. The number of rotatable bonds is 4. The van der Waals surface area contributed by atoms with Gasteiger partial charge in [-0.25, -0.2) is 9.97 Å². The van der Waals surface area contributed by atoms with Gasteiger partial charge in [0.2, 0.25) is 0 Å². The summed E-state index contributed by atoms with van der Waals surface area (Å²) in [5.74, 6) is 0.0850. The van der Waals surface area contributed by atoms with Gasteiger partial charge in [0, 0.05) is 42.7 Å². The summed E-state index contributed by atoms with van der Waals surface area (Å²) >= 11 is 1.70. The quantitative estimate of drug-likeness (QED) is 0.565. The zero-order chi connectivity index (χ0) is 19.6. The molecule has 1 fully saturated rings. The van der Waals surface area contributed by atoms with E-state index in [0.29, 0.717) is 5.56 Å². The number of H-pyrrole nitrogens is 1. The Morgan fingerprint density at radius 2 is 1.90 bits per heavy atom. The third-order valence-electron chi connectivity index (χ3n) is 5.31. The van der Waals surface area contributed by atoms with Crippen LogP contribution in [0, 0.1) is 0 Å². The summed E-state index contributed by atoms with van der Waals surface area (Å²) in [7, 11) is 0. The SMILES string of the molecule is O=C(c1ccc2nc[nH]c2c1)N1CCN(Cc2nc(-c3ccccc3)cs2)CC1. The lowest BCUT2D eigenvalue weighted by Crippen LogP contribution is -2.48. The molecule has 2 aromatic heterocycles. The van der Waals surface area contributed by atoms with E-state index in [1.54, 1.807) is 17.7 Å². The molecule has 7 heteroatoms. The molecule has 0 aliphatic carbocycles. The number of hydrogen-bond donors (Lipinski definition) is 1. The van der Waals surface area contributed by atoms with Crippen molar-refractivity contribution < 1.29 is 4.79 Å². The predicted octanol–water partition coefficient (Wildman–Crippen LogP) is 3.64. The van der Waals surface area contributed by atoms with Crippen LogP contribution in [-0.2, 0) is 6.54 Å². The smallest absolute Gasteiger partial charge is 0.254 e. The van der Waals surface area contributed by atoms with Crippen molar-refractivity contribution in [1.82, 2.24) is 24.8 Å². The number of nitrogens with zero attached hydrogens (tertiary/aromatic N) is 4. The van der Waals surface area contributed by atoms with Gasteiger partial charge >= 0.3 is 0 Å². The summed E-state index contributed by atoms with van der Waals surface area (Å²) in [5.41, 5.74) is 4.67. The Balaban J connectivity index is 1.19. The van der Waals surface area contributed by atoms with Gasteiger partial charge in [-0.15, -0.1) is 11.3 Å². The van der Waals surface area contributed by atoms with E-state index in [2.05, 4.69) is 32.4 Å². The number of piperazine rings is 1.